The maximum Gasteiger partial charge on any atom is 0.238 e. The number of likely N-dealkylation sites (N-methyl/N-ethyl adjacent to an activating group) is 1. The fraction of sp³-hybridized carbons (Fsp3) is 0.333. The van der Waals surface area contributed by atoms with E-state index in [1.165, 1.54) is 21.3 Å². The minimum atomic E-state index is -0.289. The molecular weight excluding hydrogens is 445 g/mol. The van der Waals surface area contributed by atoms with Gasteiger partial charge in [0.2, 0.25) is 17.6 Å². The Kier molecular flexibility index (Phi) is 9.23. The summed E-state index contributed by atoms with van der Waals surface area (Å²) in [5.41, 5.74) is 0.873. The molecule has 31 heavy (non-hydrogen) atoms. The third-order valence-corrected chi connectivity index (χ3v) is 4.94. The summed E-state index contributed by atoms with van der Waals surface area (Å²) in [5.74, 6) is 0.791. The Morgan fingerprint density at radius 2 is 1.52 bits per heavy atom. The van der Waals surface area contributed by atoms with Gasteiger partial charge in [0, 0.05) is 30.8 Å². The molecular formula is C21H25Cl2N3O5. The summed E-state index contributed by atoms with van der Waals surface area (Å²) in [4.78, 5) is 26.3. The number of benzene rings is 2. The summed E-state index contributed by atoms with van der Waals surface area (Å²) < 4.78 is 15.8. The minimum absolute atomic E-state index is 0.0685. The van der Waals surface area contributed by atoms with Crippen LogP contribution in [0, 0.1) is 0 Å². The van der Waals surface area contributed by atoms with Crippen molar-refractivity contribution in [2.75, 3.05) is 52.1 Å². The molecule has 0 saturated heterocycles. The van der Waals surface area contributed by atoms with Gasteiger partial charge in [-0.3, -0.25) is 14.5 Å². The third-order valence-electron chi connectivity index (χ3n) is 4.31. The second-order valence-corrected chi connectivity index (χ2v) is 7.41. The van der Waals surface area contributed by atoms with Crippen molar-refractivity contribution >= 4 is 46.4 Å². The summed E-state index contributed by atoms with van der Waals surface area (Å²) in [6, 6.07) is 8.26. The topological polar surface area (TPSA) is 89.1 Å². The van der Waals surface area contributed by atoms with E-state index in [-0.39, 0.29) is 24.8 Å². The standard InChI is InChI=1S/C21H25Cl2N3O5/c1-26(12-19(28)25-20-14(22)6-5-7-15(20)23)9-8-18(27)24-13-10-16(29-2)21(31-4)17(11-13)30-3/h5-7,10-11H,8-9,12H2,1-4H3,(H,24,27)(H,25,28). The lowest BCUT2D eigenvalue weighted by Gasteiger charge is -2.17. The number of nitrogens with one attached hydrogen (secondary N) is 2. The van der Waals surface area contributed by atoms with E-state index in [1.807, 2.05) is 0 Å². The van der Waals surface area contributed by atoms with Gasteiger partial charge in [0.15, 0.2) is 11.5 Å². The van der Waals surface area contributed by atoms with Crippen LogP contribution < -0.4 is 24.8 Å². The maximum atomic E-state index is 12.4. The SMILES string of the molecule is COc1cc(NC(=O)CCN(C)CC(=O)Nc2c(Cl)cccc2Cl)cc(OC)c1OC. The van der Waals surface area contributed by atoms with Crippen LogP contribution in [0.5, 0.6) is 17.2 Å². The molecule has 0 bridgehead atoms. The number of carbonyl (C=O) groups excluding carboxylic acids is 2. The van der Waals surface area contributed by atoms with Gasteiger partial charge in [-0.25, -0.2) is 0 Å². The van der Waals surface area contributed by atoms with E-state index in [4.69, 9.17) is 37.4 Å². The first-order valence-electron chi connectivity index (χ1n) is 9.31. The number of ether oxygens (including phenoxy) is 3. The van der Waals surface area contributed by atoms with Crippen molar-refractivity contribution in [3.05, 3.63) is 40.4 Å². The Morgan fingerprint density at radius 3 is 2.03 bits per heavy atom. The molecule has 10 heteroatoms. The lowest BCUT2D eigenvalue weighted by Crippen LogP contribution is -2.32. The number of hydrogen-bond donors (Lipinski definition) is 2. The Labute approximate surface area is 191 Å². The van der Waals surface area contributed by atoms with Crippen LogP contribution in [0.3, 0.4) is 0 Å². The van der Waals surface area contributed by atoms with Gasteiger partial charge < -0.3 is 24.8 Å². The lowest BCUT2D eigenvalue weighted by molar-refractivity contribution is -0.119. The molecule has 0 unspecified atom stereocenters. The molecule has 0 aliphatic rings. The first kappa shape index (κ1) is 24.6. The third kappa shape index (κ3) is 6.92. The molecule has 0 spiro atoms. The van der Waals surface area contributed by atoms with Gasteiger partial charge in [0.25, 0.3) is 0 Å². The zero-order valence-corrected chi connectivity index (χ0v) is 19.3. The molecule has 0 atom stereocenters. The fourth-order valence-corrected chi connectivity index (χ4v) is 3.28. The van der Waals surface area contributed by atoms with E-state index in [1.54, 1.807) is 42.3 Å². The van der Waals surface area contributed by atoms with Crippen molar-refractivity contribution in [1.82, 2.24) is 4.90 Å². The molecule has 0 heterocycles. The van der Waals surface area contributed by atoms with Gasteiger partial charge in [-0.05, 0) is 19.2 Å². The Morgan fingerprint density at radius 1 is 0.935 bits per heavy atom. The zero-order valence-electron chi connectivity index (χ0n) is 17.8. The van der Waals surface area contributed by atoms with Crippen LogP contribution in [0.25, 0.3) is 0 Å². The van der Waals surface area contributed by atoms with Crippen LogP contribution in [0.15, 0.2) is 30.3 Å². The predicted molar refractivity (Wildman–Crippen MR) is 122 cm³/mol. The van der Waals surface area contributed by atoms with Crippen LogP contribution in [0.1, 0.15) is 6.42 Å². The average molecular weight is 470 g/mol. The van der Waals surface area contributed by atoms with E-state index in [0.717, 1.165) is 0 Å². The van der Waals surface area contributed by atoms with Gasteiger partial charge in [0.05, 0.1) is 43.6 Å². The highest BCUT2D eigenvalue weighted by atomic mass is 35.5. The van der Waals surface area contributed by atoms with E-state index < -0.39 is 0 Å². The van der Waals surface area contributed by atoms with Gasteiger partial charge in [-0.1, -0.05) is 29.3 Å². The number of amides is 2. The molecule has 2 amide bonds. The lowest BCUT2D eigenvalue weighted by atomic mass is 10.2. The Bertz CT molecular complexity index is 894. The number of methoxy groups -OCH3 is 3. The molecule has 0 aliphatic carbocycles. The molecule has 2 aromatic carbocycles. The molecule has 168 valence electrons. The molecule has 8 nitrogen and oxygen atoms in total. The summed E-state index contributed by atoms with van der Waals surface area (Å²) in [7, 11) is 6.24. The van der Waals surface area contributed by atoms with Crippen LogP contribution >= 0.6 is 23.2 Å². The minimum Gasteiger partial charge on any atom is -0.493 e. The van der Waals surface area contributed by atoms with Crippen molar-refractivity contribution in [1.29, 1.82) is 0 Å². The highest BCUT2D eigenvalue weighted by Gasteiger charge is 2.16. The molecule has 0 aromatic heterocycles. The summed E-state index contributed by atoms with van der Waals surface area (Å²) >= 11 is 12.1. The van der Waals surface area contributed by atoms with E-state index in [0.29, 0.717) is 45.2 Å². The van der Waals surface area contributed by atoms with Crippen molar-refractivity contribution in [3.8, 4) is 17.2 Å². The Balaban J connectivity index is 1.89. The smallest absolute Gasteiger partial charge is 0.238 e. The van der Waals surface area contributed by atoms with E-state index >= 15 is 0 Å². The van der Waals surface area contributed by atoms with Crippen LogP contribution in [-0.2, 0) is 9.59 Å². The van der Waals surface area contributed by atoms with Crippen LogP contribution in [0.2, 0.25) is 10.0 Å². The number of anilines is 2. The fourth-order valence-electron chi connectivity index (χ4n) is 2.79. The maximum absolute atomic E-state index is 12.4. The van der Waals surface area contributed by atoms with Crippen molar-refractivity contribution in [3.63, 3.8) is 0 Å². The van der Waals surface area contributed by atoms with E-state index in [9.17, 15) is 9.59 Å². The highest BCUT2D eigenvalue weighted by Crippen LogP contribution is 2.39. The highest BCUT2D eigenvalue weighted by molar-refractivity contribution is 6.39. The van der Waals surface area contributed by atoms with Crippen LogP contribution in [-0.4, -0.2) is 58.2 Å². The second-order valence-electron chi connectivity index (χ2n) is 6.59. The van der Waals surface area contributed by atoms with Crippen LogP contribution in [0.4, 0.5) is 11.4 Å². The molecule has 2 aromatic rings. The Hall–Kier alpha value is -2.68. The number of hydrogen-bond acceptors (Lipinski definition) is 6. The summed E-state index contributed by atoms with van der Waals surface area (Å²) in [6.07, 6.45) is 0.174. The van der Waals surface area contributed by atoms with Crippen molar-refractivity contribution < 1.29 is 23.8 Å². The quantitative estimate of drug-likeness (QED) is 0.547. The molecule has 0 fully saturated rings. The second kappa shape index (κ2) is 11.6. The summed E-state index contributed by atoms with van der Waals surface area (Å²) in [5, 5.41) is 6.19. The van der Waals surface area contributed by atoms with Crippen molar-refractivity contribution in [2.24, 2.45) is 0 Å². The number of nitrogens with zero attached hydrogens (tertiary/aromatic N) is 1. The number of halogens is 2. The van der Waals surface area contributed by atoms with Gasteiger partial charge >= 0.3 is 0 Å². The molecule has 0 radical (unpaired) electrons. The van der Waals surface area contributed by atoms with Gasteiger partial charge in [0.1, 0.15) is 0 Å². The number of carbonyl (C=O) groups is 2. The number of rotatable bonds is 10. The number of para-hydroxylation sites is 1. The molecule has 0 aliphatic heterocycles. The molecule has 0 saturated carbocycles. The summed E-state index contributed by atoms with van der Waals surface area (Å²) in [6.45, 7) is 0.430. The monoisotopic (exact) mass is 469 g/mol. The average Bonchev–Trinajstić information content (AvgIpc) is 2.74. The predicted octanol–water partition coefficient (Wildman–Crippen LogP) is 3.92. The van der Waals surface area contributed by atoms with E-state index in [2.05, 4.69) is 10.6 Å². The molecule has 2 rings (SSSR count). The first-order chi connectivity index (χ1) is 14.8. The van der Waals surface area contributed by atoms with Gasteiger partial charge in [-0.15, -0.1) is 0 Å². The van der Waals surface area contributed by atoms with Gasteiger partial charge in [-0.2, -0.15) is 0 Å². The largest absolute Gasteiger partial charge is 0.493 e. The zero-order chi connectivity index (χ0) is 23.0. The molecule has 2 N–H and O–H groups in total. The normalized spacial score (nSPS) is 10.5. The first-order valence-corrected chi connectivity index (χ1v) is 10.1. The van der Waals surface area contributed by atoms with Crippen molar-refractivity contribution in [2.45, 2.75) is 6.42 Å².